The molecule has 0 N–H and O–H groups in total. The first-order valence-electron chi connectivity index (χ1n) is 4.65. The number of rotatable bonds is 1. The van der Waals surface area contributed by atoms with E-state index in [2.05, 4.69) is 20.9 Å². The fourth-order valence-electron chi connectivity index (χ4n) is 1.55. The summed E-state index contributed by atoms with van der Waals surface area (Å²) >= 11 is 2.94. The van der Waals surface area contributed by atoms with E-state index in [9.17, 15) is 13.2 Å². The third-order valence-corrected chi connectivity index (χ3v) is 3.01. The summed E-state index contributed by atoms with van der Waals surface area (Å²) in [5.41, 5.74) is 0.362. The number of nitrogens with zero attached hydrogens (tertiary/aromatic N) is 2. The maximum Gasteiger partial charge on any atom is 0.417 e. The smallest absolute Gasteiger partial charge is 0.331 e. The fraction of sp³-hybridized carbons (Fsp3) is 0.300. The zero-order valence-corrected chi connectivity index (χ0v) is 9.93. The number of hydrogen-bond donors (Lipinski definition) is 0. The van der Waals surface area contributed by atoms with E-state index in [0.717, 1.165) is 6.07 Å². The monoisotopic (exact) mass is 292 g/mol. The molecule has 0 saturated carbocycles. The maximum atomic E-state index is 12.6. The van der Waals surface area contributed by atoms with E-state index in [1.54, 1.807) is 4.57 Å². The molecule has 2 nitrogen and oxygen atoms in total. The van der Waals surface area contributed by atoms with Gasteiger partial charge in [-0.25, -0.2) is 4.98 Å². The minimum absolute atomic E-state index is 0.0442. The Hall–Kier alpha value is -1.04. The molecule has 0 fully saturated rings. The molecule has 0 spiro atoms. The maximum absolute atomic E-state index is 12.6. The van der Waals surface area contributed by atoms with Gasteiger partial charge in [0.1, 0.15) is 0 Å². The quantitative estimate of drug-likeness (QED) is 0.781. The Morgan fingerprint density at radius 3 is 2.62 bits per heavy atom. The molecule has 86 valence electrons. The number of halogens is 4. The Balaban J connectivity index is 2.69. The van der Waals surface area contributed by atoms with Gasteiger partial charge in [0, 0.05) is 11.0 Å². The topological polar surface area (TPSA) is 17.8 Å². The van der Waals surface area contributed by atoms with Gasteiger partial charge < -0.3 is 4.57 Å². The summed E-state index contributed by atoms with van der Waals surface area (Å²) in [6, 6.07) is 2.51. The predicted octanol–water partition coefficient (Wildman–Crippen LogP) is 3.84. The van der Waals surface area contributed by atoms with Gasteiger partial charge in [-0.05, 0) is 19.1 Å². The van der Waals surface area contributed by atoms with Crippen LogP contribution in [0.1, 0.15) is 12.5 Å². The second-order valence-corrected chi connectivity index (χ2v) is 4.20. The Labute approximate surface area is 98.2 Å². The third kappa shape index (κ3) is 1.81. The molecular formula is C10H8BrF3N2. The summed E-state index contributed by atoms with van der Waals surface area (Å²) < 4.78 is 39.6. The molecule has 1 heterocycles. The van der Waals surface area contributed by atoms with Crippen LogP contribution in [0, 0.1) is 0 Å². The van der Waals surface area contributed by atoms with Gasteiger partial charge in [0.25, 0.3) is 0 Å². The molecule has 0 aliphatic heterocycles. The van der Waals surface area contributed by atoms with Gasteiger partial charge in [0.15, 0.2) is 0 Å². The highest BCUT2D eigenvalue weighted by Gasteiger charge is 2.33. The van der Waals surface area contributed by atoms with Crippen LogP contribution in [0.5, 0.6) is 0 Å². The van der Waals surface area contributed by atoms with Crippen LogP contribution >= 0.6 is 15.9 Å². The molecule has 0 unspecified atom stereocenters. The molecule has 0 amide bonds. The summed E-state index contributed by atoms with van der Waals surface area (Å²) in [5, 5.41) is 0. The largest absolute Gasteiger partial charge is 0.417 e. The molecule has 1 aromatic heterocycles. The van der Waals surface area contributed by atoms with Gasteiger partial charge in [-0.3, -0.25) is 0 Å². The molecule has 0 saturated heterocycles. The Morgan fingerprint density at radius 2 is 2.06 bits per heavy atom. The van der Waals surface area contributed by atoms with Crippen molar-refractivity contribution in [2.24, 2.45) is 0 Å². The lowest BCUT2D eigenvalue weighted by Gasteiger charge is -2.09. The highest BCUT2D eigenvalue weighted by atomic mass is 79.9. The van der Waals surface area contributed by atoms with Crippen LogP contribution in [0.25, 0.3) is 11.0 Å². The van der Waals surface area contributed by atoms with Crippen LogP contribution in [0.2, 0.25) is 0 Å². The van der Waals surface area contributed by atoms with Crippen LogP contribution in [0.4, 0.5) is 13.2 Å². The number of fused-ring (bicyclic) bond motifs is 1. The standard InChI is InChI=1S/C10H8BrF3N2/c1-2-16-5-15-8-3-6(10(12,13)14)7(11)4-9(8)16/h3-5H,2H2,1H3. The average molecular weight is 293 g/mol. The van der Waals surface area contributed by atoms with E-state index in [1.165, 1.54) is 12.4 Å². The molecule has 1 aromatic carbocycles. The first-order chi connectivity index (χ1) is 7.43. The fourth-order valence-corrected chi connectivity index (χ4v) is 2.10. The molecule has 0 radical (unpaired) electrons. The van der Waals surface area contributed by atoms with Crippen molar-refractivity contribution in [1.29, 1.82) is 0 Å². The van der Waals surface area contributed by atoms with Gasteiger partial charge in [-0.1, -0.05) is 15.9 Å². The highest BCUT2D eigenvalue weighted by Crippen LogP contribution is 2.36. The van der Waals surface area contributed by atoms with Crippen LogP contribution in [-0.2, 0) is 12.7 Å². The lowest BCUT2D eigenvalue weighted by molar-refractivity contribution is -0.138. The van der Waals surface area contributed by atoms with Gasteiger partial charge >= 0.3 is 6.18 Å². The van der Waals surface area contributed by atoms with E-state index in [0.29, 0.717) is 17.6 Å². The van der Waals surface area contributed by atoms with Gasteiger partial charge in [0.2, 0.25) is 0 Å². The molecule has 6 heteroatoms. The Bertz CT molecular complexity index is 531. The van der Waals surface area contributed by atoms with Crippen molar-refractivity contribution in [1.82, 2.24) is 9.55 Å². The zero-order chi connectivity index (χ0) is 11.9. The zero-order valence-electron chi connectivity index (χ0n) is 8.35. The number of hydrogen-bond acceptors (Lipinski definition) is 1. The molecule has 2 rings (SSSR count). The normalized spacial score (nSPS) is 12.3. The van der Waals surface area contributed by atoms with E-state index >= 15 is 0 Å². The lowest BCUT2D eigenvalue weighted by atomic mass is 10.2. The predicted molar refractivity (Wildman–Crippen MR) is 58.1 cm³/mol. The van der Waals surface area contributed by atoms with Crippen LogP contribution in [0.15, 0.2) is 22.9 Å². The lowest BCUT2D eigenvalue weighted by Crippen LogP contribution is -2.06. The molecule has 16 heavy (non-hydrogen) atoms. The van der Waals surface area contributed by atoms with Crippen molar-refractivity contribution < 1.29 is 13.2 Å². The first kappa shape index (κ1) is 11.4. The first-order valence-corrected chi connectivity index (χ1v) is 5.44. The van der Waals surface area contributed by atoms with Crippen molar-refractivity contribution in [3.05, 3.63) is 28.5 Å². The number of alkyl halides is 3. The molecular weight excluding hydrogens is 285 g/mol. The van der Waals surface area contributed by atoms with E-state index < -0.39 is 11.7 Å². The summed E-state index contributed by atoms with van der Waals surface area (Å²) in [7, 11) is 0. The van der Waals surface area contributed by atoms with Crippen LogP contribution in [-0.4, -0.2) is 9.55 Å². The van der Waals surface area contributed by atoms with Gasteiger partial charge in [-0.15, -0.1) is 0 Å². The summed E-state index contributed by atoms with van der Waals surface area (Å²) in [5.74, 6) is 0. The van der Waals surface area contributed by atoms with Crippen molar-refractivity contribution >= 4 is 27.0 Å². The molecule has 0 atom stereocenters. The summed E-state index contributed by atoms with van der Waals surface area (Å²) in [6.07, 6.45) is -2.82. The van der Waals surface area contributed by atoms with E-state index in [-0.39, 0.29) is 4.47 Å². The van der Waals surface area contributed by atoms with Crippen molar-refractivity contribution in [2.45, 2.75) is 19.6 Å². The average Bonchev–Trinajstić information content (AvgIpc) is 2.57. The van der Waals surface area contributed by atoms with Crippen molar-refractivity contribution in [2.75, 3.05) is 0 Å². The minimum atomic E-state index is -4.36. The molecule has 2 aromatic rings. The van der Waals surface area contributed by atoms with E-state index in [1.807, 2.05) is 6.92 Å². The third-order valence-electron chi connectivity index (χ3n) is 2.36. The Morgan fingerprint density at radius 1 is 1.38 bits per heavy atom. The Kier molecular flexibility index (Phi) is 2.69. The van der Waals surface area contributed by atoms with Gasteiger partial charge in [-0.2, -0.15) is 13.2 Å². The highest BCUT2D eigenvalue weighted by molar-refractivity contribution is 9.10. The second kappa shape index (κ2) is 3.76. The van der Waals surface area contributed by atoms with Crippen molar-refractivity contribution in [3.63, 3.8) is 0 Å². The summed E-state index contributed by atoms with van der Waals surface area (Å²) in [6.45, 7) is 2.58. The molecule has 0 aliphatic carbocycles. The van der Waals surface area contributed by atoms with Crippen LogP contribution < -0.4 is 0 Å². The minimum Gasteiger partial charge on any atom is -0.331 e. The van der Waals surface area contributed by atoms with Crippen LogP contribution in [0.3, 0.4) is 0 Å². The number of benzene rings is 1. The molecule has 0 aliphatic rings. The number of aryl methyl sites for hydroxylation is 1. The number of aromatic nitrogens is 2. The summed E-state index contributed by atoms with van der Waals surface area (Å²) in [4.78, 5) is 3.95. The van der Waals surface area contributed by atoms with Gasteiger partial charge in [0.05, 0.1) is 22.9 Å². The number of imidazole rings is 1. The van der Waals surface area contributed by atoms with E-state index in [4.69, 9.17) is 0 Å². The van der Waals surface area contributed by atoms with Crippen molar-refractivity contribution in [3.8, 4) is 0 Å². The second-order valence-electron chi connectivity index (χ2n) is 3.35. The molecule has 0 bridgehead atoms. The SMILES string of the molecule is CCn1cnc2cc(C(F)(F)F)c(Br)cc21.